The van der Waals surface area contributed by atoms with E-state index in [0.29, 0.717) is 0 Å². The molecule has 0 N–H and O–H groups in total. The molecule has 0 aromatic rings. The van der Waals surface area contributed by atoms with Crippen molar-refractivity contribution >= 4 is 0 Å². The van der Waals surface area contributed by atoms with Crippen LogP contribution in [0.2, 0.25) is 0 Å². The van der Waals surface area contributed by atoms with Crippen LogP contribution in [0.5, 0.6) is 0 Å². The Bertz CT molecular complexity index is 137. The van der Waals surface area contributed by atoms with Crippen molar-refractivity contribution in [2.45, 2.75) is 84.5 Å². The van der Waals surface area contributed by atoms with Gasteiger partial charge < -0.3 is 4.90 Å². The summed E-state index contributed by atoms with van der Waals surface area (Å²) in [5.74, 6) is 0. The maximum atomic E-state index is 3.89. The van der Waals surface area contributed by atoms with Crippen LogP contribution in [0.4, 0.5) is 0 Å². The lowest BCUT2D eigenvalue weighted by Crippen LogP contribution is -2.27. The van der Waals surface area contributed by atoms with Crippen molar-refractivity contribution in [1.82, 2.24) is 4.90 Å². The molecule has 0 aliphatic carbocycles. The molecule has 0 spiro atoms. The fourth-order valence-electron chi connectivity index (χ4n) is 2.32. The van der Waals surface area contributed by atoms with Gasteiger partial charge in [0.25, 0.3) is 0 Å². The topological polar surface area (TPSA) is 3.24 Å². The van der Waals surface area contributed by atoms with Gasteiger partial charge in [0.15, 0.2) is 0 Å². The summed E-state index contributed by atoms with van der Waals surface area (Å²) in [7, 11) is 0. The first-order chi connectivity index (χ1) is 8.85. The number of hydrogen-bond acceptors (Lipinski definition) is 1. The van der Waals surface area contributed by atoms with Gasteiger partial charge in [0.2, 0.25) is 0 Å². The Kier molecular flexibility index (Phi) is 15.0. The highest BCUT2D eigenvalue weighted by Crippen LogP contribution is 2.08. The first-order valence-corrected chi connectivity index (χ1v) is 8.36. The largest absolute Gasteiger partial charge is 0.303 e. The lowest BCUT2D eigenvalue weighted by molar-refractivity contribution is 0.259. The second kappa shape index (κ2) is 15.0. The zero-order chi connectivity index (χ0) is 13.5. The predicted molar refractivity (Wildman–Crippen MR) is 83.9 cm³/mol. The minimum atomic E-state index is 1.11. The van der Waals surface area contributed by atoms with Crippen LogP contribution in [-0.2, 0) is 0 Å². The van der Waals surface area contributed by atoms with Gasteiger partial charge in [-0.25, -0.2) is 0 Å². The number of unbranched alkanes of at least 4 members (excludes halogenated alkanes) is 8. The molecular weight excluding hydrogens is 218 g/mol. The van der Waals surface area contributed by atoms with Crippen LogP contribution in [0.1, 0.15) is 84.5 Å². The van der Waals surface area contributed by atoms with Crippen molar-refractivity contribution in [2.24, 2.45) is 0 Å². The van der Waals surface area contributed by atoms with Crippen LogP contribution < -0.4 is 0 Å². The lowest BCUT2D eigenvalue weighted by Gasteiger charge is -2.21. The highest BCUT2D eigenvalue weighted by Gasteiger charge is 2.03. The van der Waals surface area contributed by atoms with Crippen molar-refractivity contribution in [3.63, 3.8) is 0 Å². The van der Waals surface area contributed by atoms with Gasteiger partial charge in [-0.15, -0.1) is 0 Å². The average molecular weight is 254 g/mol. The van der Waals surface area contributed by atoms with Crippen LogP contribution in [0, 0.1) is 6.92 Å². The molecule has 1 heteroatoms. The minimum Gasteiger partial charge on any atom is -0.303 e. The van der Waals surface area contributed by atoms with Gasteiger partial charge >= 0.3 is 0 Å². The molecule has 1 nitrogen and oxygen atoms in total. The van der Waals surface area contributed by atoms with E-state index in [1.807, 2.05) is 0 Å². The molecule has 0 saturated heterocycles. The smallest absolute Gasteiger partial charge is 0.00187 e. The first kappa shape index (κ1) is 18.0. The summed E-state index contributed by atoms with van der Waals surface area (Å²) in [5.41, 5.74) is 0. The monoisotopic (exact) mass is 254 g/mol. The molecule has 0 heterocycles. The van der Waals surface area contributed by atoms with Crippen molar-refractivity contribution < 1.29 is 0 Å². The predicted octanol–water partition coefficient (Wildman–Crippen LogP) is 5.45. The number of nitrogens with zero attached hydrogens (tertiary/aromatic N) is 1. The zero-order valence-electron chi connectivity index (χ0n) is 13.1. The van der Waals surface area contributed by atoms with Gasteiger partial charge in [-0.1, -0.05) is 72.1 Å². The molecule has 0 aliphatic heterocycles. The molecule has 0 saturated carbocycles. The SMILES string of the molecule is [CH2]CCCCCCCCN(CCCC)CCCC. The third kappa shape index (κ3) is 12.4. The van der Waals surface area contributed by atoms with E-state index in [-0.39, 0.29) is 0 Å². The Morgan fingerprint density at radius 2 is 1.06 bits per heavy atom. The van der Waals surface area contributed by atoms with Crippen LogP contribution in [-0.4, -0.2) is 24.5 Å². The van der Waals surface area contributed by atoms with E-state index in [0.717, 1.165) is 6.42 Å². The van der Waals surface area contributed by atoms with Gasteiger partial charge in [-0.2, -0.15) is 0 Å². The Balaban J connectivity index is 3.43. The van der Waals surface area contributed by atoms with Crippen molar-refractivity contribution in [2.75, 3.05) is 19.6 Å². The van der Waals surface area contributed by atoms with E-state index in [2.05, 4.69) is 25.7 Å². The Labute approximate surface area is 116 Å². The lowest BCUT2D eigenvalue weighted by atomic mass is 10.1. The molecule has 0 amide bonds. The zero-order valence-corrected chi connectivity index (χ0v) is 13.1. The van der Waals surface area contributed by atoms with E-state index in [1.165, 1.54) is 83.8 Å². The summed E-state index contributed by atoms with van der Waals surface area (Å²) in [4.78, 5) is 2.68. The molecule has 0 rings (SSSR count). The second-order valence-electron chi connectivity index (χ2n) is 5.52. The summed E-state index contributed by atoms with van der Waals surface area (Å²) >= 11 is 0. The fraction of sp³-hybridized carbons (Fsp3) is 0.941. The summed E-state index contributed by atoms with van der Waals surface area (Å²) in [6, 6.07) is 0. The number of rotatable bonds is 14. The van der Waals surface area contributed by atoms with Gasteiger partial charge in [-0.3, -0.25) is 0 Å². The normalized spacial score (nSPS) is 11.3. The quantitative estimate of drug-likeness (QED) is 0.372. The maximum absolute atomic E-state index is 3.89. The summed E-state index contributed by atoms with van der Waals surface area (Å²) < 4.78 is 0. The molecule has 1 radical (unpaired) electrons. The molecule has 0 aliphatic rings. The van der Waals surface area contributed by atoms with E-state index >= 15 is 0 Å². The molecular formula is C17H36N. The van der Waals surface area contributed by atoms with Crippen LogP contribution >= 0.6 is 0 Å². The fourth-order valence-corrected chi connectivity index (χ4v) is 2.32. The van der Waals surface area contributed by atoms with Crippen molar-refractivity contribution in [1.29, 1.82) is 0 Å². The summed E-state index contributed by atoms with van der Waals surface area (Å²) in [6.45, 7) is 12.4. The van der Waals surface area contributed by atoms with E-state index < -0.39 is 0 Å². The molecule has 0 atom stereocenters. The van der Waals surface area contributed by atoms with E-state index in [4.69, 9.17) is 0 Å². The molecule has 0 fully saturated rings. The molecule has 0 bridgehead atoms. The first-order valence-electron chi connectivity index (χ1n) is 8.36. The van der Waals surface area contributed by atoms with E-state index in [1.54, 1.807) is 0 Å². The molecule has 0 unspecified atom stereocenters. The average Bonchev–Trinajstić information content (AvgIpc) is 2.40. The van der Waals surface area contributed by atoms with Crippen LogP contribution in [0.15, 0.2) is 0 Å². The molecule has 0 aromatic heterocycles. The summed E-state index contributed by atoms with van der Waals surface area (Å²) in [5, 5.41) is 0. The van der Waals surface area contributed by atoms with Crippen molar-refractivity contribution in [3.8, 4) is 0 Å². The Morgan fingerprint density at radius 3 is 1.56 bits per heavy atom. The molecule has 0 aromatic carbocycles. The highest BCUT2D eigenvalue weighted by molar-refractivity contribution is 4.58. The second-order valence-corrected chi connectivity index (χ2v) is 5.52. The Hall–Kier alpha value is -0.0400. The summed E-state index contributed by atoms with van der Waals surface area (Å²) in [6.07, 6.45) is 14.9. The third-order valence-electron chi connectivity index (χ3n) is 3.63. The Morgan fingerprint density at radius 1 is 0.611 bits per heavy atom. The van der Waals surface area contributed by atoms with Gasteiger partial charge in [-0.05, 0) is 38.9 Å². The van der Waals surface area contributed by atoms with Gasteiger partial charge in [0, 0.05) is 0 Å². The van der Waals surface area contributed by atoms with E-state index in [9.17, 15) is 0 Å². The molecule has 109 valence electrons. The van der Waals surface area contributed by atoms with Crippen LogP contribution in [0.25, 0.3) is 0 Å². The van der Waals surface area contributed by atoms with Crippen molar-refractivity contribution in [3.05, 3.63) is 6.92 Å². The standard InChI is InChI=1S/C17H36N/c1-4-7-10-11-12-13-14-17-18(15-8-5-2)16-9-6-3/h1,4-17H2,2-3H3. The van der Waals surface area contributed by atoms with Crippen LogP contribution in [0.3, 0.4) is 0 Å². The third-order valence-corrected chi connectivity index (χ3v) is 3.63. The van der Waals surface area contributed by atoms with Gasteiger partial charge in [0.05, 0.1) is 0 Å². The molecule has 18 heavy (non-hydrogen) atoms. The van der Waals surface area contributed by atoms with Gasteiger partial charge in [0.1, 0.15) is 0 Å². The minimum absolute atomic E-state index is 1.11. The highest BCUT2D eigenvalue weighted by atomic mass is 15.1. The number of hydrogen-bond donors (Lipinski definition) is 0. The maximum Gasteiger partial charge on any atom is -0.00187 e.